The zero-order valence-corrected chi connectivity index (χ0v) is 14.6. The molecule has 1 aliphatic carbocycles. The van der Waals surface area contributed by atoms with Crippen LogP contribution >= 0.6 is 0 Å². The zero-order valence-electron chi connectivity index (χ0n) is 14.6. The molecule has 4 aromatic rings. The normalized spacial score (nSPS) is 13.8. The average molecular weight is 370 g/mol. The van der Waals surface area contributed by atoms with E-state index in [4.69, 9.17) is 5.73 Å². The summed E-state index contributed by atoms with van der Waals surface area (Å²) in [5.74, 6) is -0.832. The molecule has 0 bridgehead atoms. The van der Waals surface area contributed by atoms with Gasteiger partial charge in [-0.25, -0.2) is 9.97 Å². The fraction of sp³-hybridized carbons (Fsp3) is 0.0476. The number of aliphatic hydroxyl groups excluding tert-OH is 1. The van der Waals surface area contributed by atoms with Gasteiger partial charge >= 0.3 is 0 Å². The molecule has 1 aromatic carbocycles. The number of aromatic amines is 1. The maximum Gasteiger partial charge on any atom is 0.227 e. The van der Waals surface area contributed by atoms with Crippen molar-refractivity contribution in [3.8, 4) is 11.4 Å². The van der Waals surface area contributed by atoms with Crippen LogP contribution in [0.15, 0.2) is 54.2 Å². The molecular formula is C21H14N4O3. The number of aliphatic hydroxyl groups is 1. The van der Waals surface area contributed by atoms with Crippen molar-refractivity contribution in [1.29, 1.82) is 0 Å². The fourth-order valence-electron chi connectivity index (χ4n) is 3.55. The predicted molar refractivity (Wildman–Crippen MR) is 104 cm³/mol. The number of hydrogen-bond donors (Lipinski definition) is 3. The van der Waals surface area contributed by atoms with Crippen LogP contribution in [0.2, 0.25) is 0 Å². The standard InChI is InChI=1S/C21H14N4O3/c22-14-8-17(27)12-5-6-16(25-19(12)21(14)28)20-18-13(7-10(9-26)23-20)11-3-1-2-4-15(11)24-18/h1-8,24,26H,9,22H2. The Kier molecular flexibility index (Phi) is 3.40. The van der Waals surface area contributed by atoms with E-state index in [1.807, 2.05) is 30.3 Å². The van der Waals surface area contributed by atoms with Crippen LogP contribution in [0.5, 0.6) is 0 Å². The molecule has 0 aliphatic heterocycles. The van der Waals surface area contributed by atoms with Gasteiger partial charge in [-0.1, -0.05) is 18.2 Å². The quantitative estimate of drug-likeness (QED) is 0.498. The van der Waals surface area contributed by atoms with E-state index < -0.39 is 5.78 Å². The van der Waals surface area contributed by atoms with Crippen LogP contribution in [0, 0.1) is 0 Å². The molecule has 4 N–H and O–H groups in total. The fourth-order valence-corrected chi connectivity index (χ4v) is 3.55. The van der Waals surface area contributed by atoms with E-state index in [-0.39, 0.29) is 29.3 Å². The van der Waals surface area contributed by atoms with Gasteiger partial charge in [0.25, 0.3) is 0 Å². The zero-order chi connectivity index (χ0) is 19.4. The molecule has 1 aliphatic rings. The highest BCUT2D eigenvalue weighted by molar-refractivity contribution is 6.23. The molecule has 0 unspecified atom stereocenters. The summed E-state index contributed by atoms with van der Waals surface area (Å²) in [6.07, 6.45) is 1.12. The molecule has 7 heteroatoms. The molecule has 0 amide bonds. The molecule has 28 heavy (non-hydrogen) atoms. The van der Waals surface area contributed by atoms with Gasteiger partial charge in [0.05, 0.1) is 34.8 Å². The third-order valence-electron chi connectivity index (χ3n) is 4.88. The van der Waals surface area contributed by atoms with E-state index in [1.165, 1.54) is 0 Å². The van der Waals surface area contributed by atoms with Gasteiger partial charge in [-0.05, 0) is 24.3 Å². The largest absolute Gasteiger partial charge is 0.395 e. The lowest BCUT2D eigenvalue weighted by Gasteiger charge is -2.13. The molecular weight excluding hydrogens is 356 g/mol. The van der Waals surface area contributed by atoms with E-state index in [0.29, 0.717) is 17.1 Å². The van der Waals surface area contributed by atoms with E-state index in [0.717, 1.165) is 27.9 Å². The van der Waals surface area contributed by atoms with E-state index in [2.05, 4.69) is 15.0 Å². The number of carbonyl (C=O) groups is 2. The first kappa shape index (κ1) is 16.3. The molecule has 0 spiro atoms. The highest BCUT2D eigenvalue weighted by Gasteiger charge is 2.26. The summed E-state index contributed by atoms with van der Waals surface area (Å²) in [5, 5.41) is 11.6. The molecule has 7 nitrogen and oxygen atoms in total. The van der Waals surface area contributed by atoms with Crippen LogP contribution in [0.1, 0.15) is 26.5 Å². The second-order valence-electron chi connectivity index (χ2n) is 6.60. The maximum absolute atomic E-state index is 12.4. The van der Waals surface area contributed by atoms with Crippen molar-refractivity contribution in [2.45, 2.75) is 6.61 Å². The third kappa shape index (κ3) is 2.27. The predicted octanol–water partition coefficient (Wildman–Crippen LogP) is 2.49. The topological polar surface area (TPSA) is 122 Å². The van der Waals surface area contributed by atoms with Crippen molar-refractivity contribution >= 4 is 33.4 Å². The molecule has 0 saturated carbocycles. The lowest BCUT2D eigenvalue weighted by atomic mass is 9.97. The molecule has 0 radical (unpaired) electrons. The van der Waals surface area contributed by atoms with Crippen LogP contribution in [0.25, 0.3) is 33.2 Å². The van der Waals surface area contributed by atoms with Crippen LogP contribution in [0.3, 0.4) is 0 Å². The molecule has 0 fully saturated rings. The van der Waals surface area contributed by atoms with Gasteiger partial charge in [-0.15, -0.1) is 0 Å². The summed E-state index contributed by atoms with van der Waals surface area (Å²) in [6.45, 7) is -0.236. The average Bonchev–Trinajstić information content (AvgIpc) is 3.09. The minimum absolute atomic E-state index is 0.0166. The van der Waals surface area contributed by atoms with Gasteiger partial charge in [0, 0.05) is 22.4 Å². The number of pyridine rings is 2. The number of ketones is 2. The SMILES string of the molecule is NC1=CC(=O)c2ccc(-c3nc(CO)cc4c3[nH]c3ccccc34)nc2C1=O. The first-order valence-electron chi connectivity index (χ1n) is 8.65. The van der Waals surface area contributed by atoms with Crippen LogP contribution < -0.4 is 5.73 Å². The summed E-state index contributed by atoms with van der Waals surface area (Å²) >= 11 is 0. The molecule has 136 valence electrons. The Hall–Kier alpha value is -3.84. The first-order chi connectivity index (χ1) is 13.6. The molecule has 3 heterocycles. The first-order valence-corrected chi connectivity index (χ1v) is 8.65. The number of hydrogen-bond acceptors (Lipinski definition) is 6. The Morgan fingerprint density at radius 1 is 1.00 bits per heavy atom. The highest BCUT2D eigenvalue weighted by Crippen LogP contribution is 2.33. The number of carbonyl (C=O) groups excluding carboxylic acids is 2. The highest BCUT2D eigenvalue weighted by atomic mass is 16.3. The van der Waals surface area contributed by atoms with Crippen molar-refractivity contribution in [3.05, 3.63) is 71.2 Å². The number of nitrogens with two attached hydrogens (primary N) is 1. The number of aromatic nitrogens is 3. The van der Waals surface area contributed by atoms with Gasteiger partial charge in [0.15, 0.2) is 5.78 Å². The number of H-pyrrole nitrogens is 1. The second kappa shape index (κ2) is 5.83. The van der Waals surface area contributed by atoms with E-state index in [9.17, 15) is 14.7 Å². The van der Waals surface area contributed by atoms with Crippen molar-refractivity contribution in [1.82, 2.24) is 15.0 Å². The molecule has 0 atom stereocenters. The van der Waals surface area contributed by atoms with E-state index >= 15 is 0 Å². The van der Waals surface area contributed by atoms with Crippen molar-refractivity contribution in [2.75, 3.05) is 0 Å². The smallest absolute Gasteiger partial charge is 0.227 e. The number of allylic oxidation sites excluding steroid dienone is 2. The summed E-state index contributed by atoms with van der Waals surface area (Å²) in [5.41, 5.74) is 8.81. The Morgan fingerprint density at radius 2 is 1.82 bits per heavy atom. The Labute approximate surface area is 158 Å². The molecule has 0 saturated heterocycles. The summed E-state index contributed by atoms with van der Waals surface area (Å²) in [4.78, 5) is 36.8. The number of rotatable bonds is 2. The van der Waals surface area contributed by atoms with Gasteiger partial charge in [0.1, 0.15) is 11.4 Å². The minimum atomic E-state index is -0.484. The van der Waals surface area contributed by atoms with Gasteiger partial charge in [-0.3, -0.25) is 9.59 Å². The van der Waals surface area contributed by atoms with Crippen LogP contribution in [-0.4, -0.2) is 31.6 Å². The summed E-state index contributed by atoms with van der Waals surface area (Å²) < 4.78 is 0. The number of benzene rings is 1. The Balaban J connectivity index is 1.81. The van der Waals surface area contributed by atoms with Gasteiger partial charge in [0.2, 0.25) is 5.78 Å². The monoisotopic (exact) mass is 370 g/mol. The molecule has 5 rings (SSSR count). The van der Waals surface area contributed by atoms with Crippen molar-refractivity contribution < 1.29 is 14.7 Å². The lowest BCUT2D eigenvalue weighted by Crippen LogP contribution is -2.23. The maximum atomic E-state index is 12.4. The number of nitrogens with one attached hydrogen (secondary N) is 1. The Bertz CT molecular complexity index is 1350. The van der Waals surface area contributed by atoms with Crippen molar-refractivity contribution in [3.63, 3.8) is 0 Å². The summed E-state index contributed by atoms with van der Waals surface area (Å²) in [6, 6.07) is 12.8. The van der Waals surface area contributed by atoms with Gasteiger partial charge < -0.3 is 15.8 Å². The number of Topliss-reactive ketones (excluding diaryl/α,β-unsaturated/α-hetero) is 1. The number of fused-ring (bicyclic) bond motifs is 4. The van der Waals surface area contributed by atoms with E-state index in [1.54, 1.807) is 12.1 Å². The summed E-state index contributed by atoms with van der Waals surface area (Å²) in [7, 11) is 0. The number of para-hydroxylation sites is 1. The van der Waals surface area contributed by atoms with Crippen LogP contribution in [0.4, 0.5) is 0 Å². The van der Waals surface area contributed by atoms with Gasteiger partial charge in [-0.2, -0.15) is 0 Å². The molecule has 3 aromatic heterocycles. The number of nitrogens with zero attached hydrogens (tertiary/aromatic N) is 2. The second-order valence-corrected chi connectivity index (χ2v) is 6.60. The van der Waals surface area contributed by atoms with Crippen LogP contribution in [-0.2, 0) is 6.61 Å². The Morgan fingerprint density at radius 3 is 2.64 bits per heavy atom. The lowest BCUT2D eigenvalue weighted by molar-refractivity contribution is 0.0979. The van der Waals surface area contributed by atoms with Crippen molar-refractivity contribution in [2.24, 2.45) is 5.73 Å². The third-order valence-corrected chi connectivity index (χ3v) is 4.88. The minimum Gasteiger partial charge on any atom is -0.395 e.